The highest BCUT2D eigenvalue weighted by molar-refractivity contribution is 5.64. The van der Waals surface area contributed by atoms with Gasteiger partial charge in [-0.1, -0.05) is 0 Å². The number of methoxy groups -OCH3 is 1. The van der Waals surface area contributed by atoms with Gasteiger partial charge in [-0.15, -0.1) is 0 Å². The molecule has 0 spiro atoms. The third-order valence-electron chi connectivity index (χ3n) is 2.30. The number of nitrogens with zero attached hydrogens (tertiary/aromatic N) is 2. The van der Waals surface area contributed by atoms with Gasteiger partial charge in [0.05, 0.1) is 13.7 Å². The van der Waals surface area contributed by atoms with Crippen LogP contribution in [0.2, 0.25) is 0 Å². The summed E-state index contributed by atoms with van der Waals surface area (Å²) in [5, 5.41) is 9.44. The van der Waals surface area contributed by atoms with E-state index in [-0.39, 0.29) is 6.54 Å². The van der Waals surface area contributed by atoms with Crippen LogP contribution in [-0.2, 0) is 6.54 Å². The molecule has 94 valence electrons. The molecule has 0 aliphatic heterocycles. The SMILES string of the molecule is COc1cc(CN(N)C(=O)O)cc(N(C)C)c1. The summed E-state index contributed by atoms with van der Waals surface area (Å²) in [7, 11) is 5.36. The number of carbonyl (C=O) groups is 1. The summed E-state index contributed by atoms with van der Waals surface area (Å²) in [6, 6.07) is 5.49. The molecule has 0 saturated carbocycles. The molecule has 0 aromatic heterocycles. The second kappa shape index (κ2) is 5.40. The van der Waals surface area contributed by atoms with Crippen LogP contribution >= 0.6 is 0 Å². The Morgan fingerprint density at radius 2 is 2.06 bits per heavy atom. The molecule has 1 aromatic carbocycles. The molecule has 0 radical (unpaired) electrons. The van der Waals surface area contributed by atoms with Crippen molar-refractivity contribution >= 4 is 11.8 Å². The topological polar surface area (TPSA) is 79.0 Å². The summed E-state index contributed by atoms with van der Waals surface area (Å²) in [6.45, 7) is 0.118. The molecule has 0 atom stereocenters. The number of benzene rings is 1. The third-order valence-corrected chi connectivity index (χ3v) is 2.30. The second-order valence-corrected chi connectivity index (χ2v) is 3.84. The monoisotopic (exact) mass is 239 g/mol. The van der Waals surface area contributed by atoms with E-state index in [2.05, 4.69) is 0 Å². The van der Waals surface area contributed by atoms with E-state index in [0.29, 0.717) is 5.75 Å². The zero-order chi connectivity index (χ0) is 13.0. The maximum atomic E-state index is 10.6. The van der Waals surface area contributed by atoms with E-state index in [1.54, 1.807) is 13.2 Å². The minimum atomic E-state index is -1.17. The number of ether oxygens (including phenoxy) is 1. The molecule has 1 amide bonds. The van der Waals surface area contributed by atoms with Gasteiger partial charge in [-0.25, -0.2) is 15.6 Å². The Balaban J connectivity index is 2.98. The van der Waals surface area contributed by atoms with Gasteiger partial charge in [-0.2, -0.15) is 0 Å². The molecule has 0 heterocycles. The Morgan fingerprint density at radius 1 is 1.41 bits per heavy atom. The predicted octanol–water partition coefficient (Wildman–Crippen LogP) is 1.11. The molecule has 0 unspecified atom stereocenters. The summed E-state index contributed by atoms with van der Waals surface area (Å²) < 4.78 is 5.15. The molecular weight excluding hydrogens is 222 g/mol. The van der Waals surface area contributed by atoms with Gasteiger partial charge < -0.3 is 14.7 Å². The highest BCUT2D eigenvalue weighted by Crippen LogP contribution is 2.23. The summed E-state index contributed by atoms with van der Waals surface area (Å²) in [5.41, 5.74) is 1.70. The van der Waals surface area contributed by atoms with Gasteiger partial charge in [0.15, 0.2) is 0 Å². The van der Waals surface area contributed by atoms with Crippen LogP contribution in [0, 0.1) is 0 Å². The molecular formula is C11H17N3O3. The Labute approximate surface area is 100 Å². The number of nitrogens with two attached hydrogens (primary N) is 1. The van der Waals surface area contributed by atoms with E-state index in [1.807, 2.05) is 31.1 Å². The molecule has 0 bridgehead atoms. The van der Waals surface area contributed by atoms with Crippen LogP contribution in [0.25, 0.3) is 0 Å². The molecule has 0 saturated heterocycles. The van der Waals surface area contributed by atoms with E-state index in [4.69, 9.17) is 15.7 Å². The minimum Gasteiger partial charge on any atom is -0.497 e. The Bertz CT molecular complexity index is 407. The fourth-order valence-corrected chi connectivity index (χ4v) is 1.38. The fourth-order valence-electron chi connectivity index (χ4n) is 1.38. The van der Waals surface area contributed by atoms with Crippen LogP contribution in [0.15, 0.2) is 18.2 Å². The van der Waals surface area contributed by atoms with Crippen molar-refractivity contribution in [3.63, 3.8) is 0 Å². The molecule has 0 aliphatic rings. The quantitative estimate of drug-likeness (QED) is 0.467. The van der Waals surface area contributed by atoms with Crippen LogP contribution in [0.5, 0.6) is 5.75 Å². The van der Waals surface area contributed by atoms with Crippen LogP contribution in [0.4, 0.5) is 10.5 Å². The number of anilines is 1. The first kappa shape index (κ1) is 13.1. The van der Waals surface area contributed by atoms with Crippen LogP contribution < -0.4 is 15.5 Å². The van der Waals surface area contributed by atoms with Gasteiger partial charge >= 0.3 is 6.09 Å². The molecule has 0 fully saturated rings. The van der Waals surface area contributed by atoms with Gasteiger partial charge in [0.25, 0.3) is 0 Å². The molecule has 0 aliphatic carbocycles. The van der Waals surface area contributed by atoms with Gasteiger partial charge in [0.2, 0.25) is 0 Å². The number of amides is 1. The fraction of sp³-hybridized carbons (Fsp3) is 0.364. The summed E-state index contributed by atoms with van der Waals surface area (Å²) in [4.78, 5) is 12.5. The number of hydrogen-bond acceptors (Lipinski definition) is 4. The van der Waals surface area contributed by atoms with Crippen LogP contribution in [0.3, 0.4) is 0 Å². The lowest BCUT2D eigenvalue weighted by Gasteiger charge is -2.18. The highest BCUT2D eigenvalue weighted by atomic mass is 16.5. The van der Waals surface area contributed by atoms with E-state index in [0.717, 1.165) is 16.3 Å². The van der Waals surface area contributed by atoms with Crippen molar-refractivity contribution < 1.29 is 14.6 Å². The smallest absolute Gasteiger partial charge is 0.421 e. The molecule has 6 heteroatoms. The molecule has 17 heavy (non-hydrogen) atoms. The molecule has 1 aromatic rings. The van der Waals surface area contributed by atoms with Gasteiger partial charge in [-0.05, 0) is 17.7 Å². The number of rotatable bonds is 4. The van der Waals surface area contributed by atoms with Crippen molar-refractivity contribution in [3.8, 4) is 5.75 Å². The Kier molecular flexibility index (Phi) is 4.17. The first-order chi connectivity index (χ1) is 7.93. The largest absolute Gasteiger partial charge is 0.497 e. The average Bonchev–Trinajstić information content (AvgIpc) is 2.28. The number of carboxylic acid groups (broad SMARTS) is 1. The number of hydrazine groups is 1. The van der Waals surface area contributed by atoms with Crippen molar-refractivity contribution in [1.29, 1.82) is 0 Å². The maximum Gasteiger partial charge on any atom is 0.421 e. The summed E-state index contributed by atoms with van der Waals surface area (Å²) in [5.74, 6) is 6.02. The van der Waals surface area contributed by atoms with Crippen LogP contribution in [-0.4, -0.2) is 37.4 Å². The minimum absolute atomic E-state index is 0.118. The zero-order valence-electron chi connectivity index (χ0n) is 10.2. The van der Waals surface area contributed by atoms with E-state index < -0.39 is 6.09 Å². The first-order valence-electron chi connectivity index (χ1n) is 5.04. The third kappa shape index (κ3) is 3.53. The summed E-state index contributed by atoms with van der Waals surface area (Å²) in [6.07, 6.45) is -1.17. The Morgan fingerprint density at radius 3 is 2.53 bits per heavy atom. The van der Waals surface area contributed by atoms with Crippen LogP contribution in [0.1, 0.15) is 5.56 Å². The lowest BCUT2D eigenvalue weighted by atomic mass is 10.1. The van der Waals surface area contributed by atoms with E-state index in [9.17, 15) is 4.79 Å². The standard InChI is InChI=1S/C11H17N3O3/c1-13(2)9-4-8(5-10(6-9)17-3)7-14(12)11(15)16/h4-6H,7,12H2,1-3H3,(H,15,16). The van der Waals surface area contributed by atoms with Crippen molar-refractivity contribution in [2.45, 2.75) is 6.54 Å². The zero-order valence-corrected chi connectivity index (χ0v) is 10.2. The van der Waals surface area contributed by atoms with Crippen molar-refractivity contribution in [2.24, 2.45) is 5.84 Å². The van der Waals surface area contributed by atoms with E-state index >= 15 is 0 Å². The first-order valence-corrected chi connectivity index (χ1v) is 5.04. The summed E-state index contributed by atoms with van der Waals surface area (Å²) >= 11 is 0. The Hall–Kier alpha value is -1.95. The average molecular weight is 239 g/mol. The lowest BCUT2D eigenvalue weighted by molar-refractivity contribution is 0.143. The van der Waals surface area contributed by atoms with Crippen molar-refractivity contribution in [2.75, 3.05) is 26.1 Å². The van der Waals surface area contributed by atoms with Gasteiger partial charge in [-0.3, -0.25) is 0 Å². The van der Waals surface area contributed by atoms with Crippen molar-refractivity contribution in [1.82, 2.24) is 5.01 Å². The molecule has 1 rings (SSSR count). The normalized spacial score (nSPS) is 9.88. The van der Waals surface area contributed by atoms with Gasteiger partial charge in [0, 0.05) is 25.8 Å². The number of hydrogen-bond donors (Lipinski definition) is 2. The van der Waals surface area contributed by atoms with Gasteiger partial charge in [0.1, 0.15) is 5.75 Å². The molecule has 6 nitrogen and oxygen atoms in total. The van der Waals surface area contributed by atoms with E-state index in [1.165, 1.54) is 0 Å². The van der Waals surface area contributed by atoms with Crippen molar-refractivity contribution in [3.05, 3.63) is 23.8 Å². The second-order valence-electron chi connectivity index (χ2n) is 3.84. The maximum absolute atomic E-state index is 10.6. The highest BCUT2D eigenvalue weighted by Gasteiger charge is 2.09. The molecule has 3 N–H and O–H groups in total. The predicted molar refractivity (Wildman–Crippen MR) is 65.1 cm³/mol. The lowest BCUT2D eigenvalue weighted by Crippen LogP contribution is -2.35.